The maximum atomic E-state index is 6.33. The lowest BCUT2D eigenvalue weighted by Gasteiger charge is -2.14. The second-order valence-corrected chi connectivity index (χ2v) is 4.76. The lowest BCUT2D eigenvalue weighted by atomic mass is 10.2. The van der Waals surface area contributed by atoms with Crippen molar-refractivity contribution >= 4 is 23.2 Å². The lowest BCUT2D eigenvalue weighted by Crippen LogP contribution is -2.01. The molecule has 84 valence electrons. The number of nitrogens with zero attached hydrogens (tertiary/aromatic N) is 1. The van der Waals surface area contributed by atoms with Crippen LogP contribution < -0.4 is 0 Å². The van der Waals surface area contributed by atoms with Crippen LogP contribution in [0.4, 0.5) is 0 Å². The Labute approximate surface area is 106 Å². The van der Waals surface area contributed by atoms with E-state index in [1.165, 1.54) is 0 Å². The van der Waals surface area contributed by atoms with Crippen LogP contribution in [0.2, 0.25) is 10.0 Å². The lowest BCUT2D eigenvalue weighted by molar-refractivity contribution is 0.964. The van der Waals surface area contributed by atoms with Crippen molar-refractivity contribution in [1.82, 2.24) is 4.57 Å². The molecular formula is C13H13Cl2N. The number of halogens is 2. The first-order valence-electron chi connectivity index (χ1n) is 5.12. The summed E-state index contributed by atoms with van der Waals surface area (Å²) in [6.07, 6.45) is 0. The molecule has 0 bridgehead atoms. The second kappa shape index (κ2) is 4.15. The van der Waals surface area contributed by atoms with E-state index < -0.39 is 0 Å². The van der Waals surface area contributed by atoms with Crippen LogP contribution in [0.5, 0.6) is 0 Å². The predicted molar refractivity (Wildman–Crippen MR) is 70.0 cm³/mol. The van der Waals surface area contributed by atoms with Crippen LogP contribution in [0.3, 0.4) is 0 Å². The third-order valence-corrected chi connectivity index (χ3v) is 3.54. The smallest absolute Gasteiger partial charge is 0.0832 e. The van der Waals surface area contributed by atoms with Crippen molar-refractivity contribution in [2.24, 2.45) is 0 Å². The number of benzene rings is 1. The van der Waals surface area contributed by atoms with Gasteiger partial charge in [-0.15, -0.1) is 0 Å². The van der Waals surface area contributed by atoms with E-state index in [1.54, 1.807) is 0 Å². The molecule has 0 N–H and O–H groups in total. The summed E-state index contributed by atoms with van der Waals surface area (Å²) in [6.45, 7) is 6.07. The summed E-state index contributed by atoms with van der Waals surface area (Å²) in [7, 11) is 0. The summed E-state index contributed by atoms with van der Waals surface area (Å²) in [5.41, 5.74) is 4.18. The molecule has 0 aliphatic carbocycles. The molecule has 1 aromatic heterocycles. The van der Waals surface area contributed by atoms with E-state index in [0.717, 1.165) is 27.7 Å². The predicted octanol–water partition coefficient (Wildman–Crippen LogP) is 4.71. The van der Waals surface area contributed by atoms with Crippen molar-refractivity contribution in [3.8, 4) is 5.69 Å². The third kappa shape index (κ3) is 1.74. The number of aryl methyl sites for hydroxylation is 3. The topological polar surface area (TPSA) is 4.93 Å². The van der Waals surface area contributed by atoms with Crippen molar-refractivity contribution in [2.45, 2.75) is 20.8 Å². The number of hydrogen-bond donors (Lipinski definition) is 0. The van der Waals surface area contributed by atoms with Crippen LogP contribution in [0.1, 0.15) is 17.0 Å². The molecule has 1 heterocycles. The van der Waals surface area contributed by atoms with Gasteiger partial charge in [0.2, 0.25) is 0 Å². The van der Waals surface area contributed by atoms with Gasteiger partial charge in [0.15, 0.2) is 0 Å². The van der Waals surface area contributed by atoms with Crippen LogP contribution in [-0.2, 0) is 0 Å². The van der Waals surface area contributed by atoms with Crippen molar-refractivity contribution < 1.29 is 0 Å². The third-order valence-electron chi connectivity index (χ3n) is 2.75. The van der Waals surface area contributed by atoms with E-state index in [-0.39, 0.29) is 0 Å². The van der Waals surface area contributed by atoms with E-state index in [4.69, 9.17) is 23.2 Å². The van der Waals surface area contributed by atoms with Gasteiger partial charge in [-0.25, -0.2) is 0 Å². The molecule has 0 aliphatic rings. The molecule has 1 nitrogen and oxygen atoms in total. The average Bonchev–Trinajstić information content (AvgIpc) is 2.56. The molecule has 1 aromatic carbocycles. The molecule has 16 heavy (non-hydrogen) atoms. The average molecular weight is 254 g/mol. The van der Waals surface area contributed by atoms with Crippen molar-refractivity contribution in [2.75, 3.05) is 0 Å². The first-order valence-corrected chi connectivity index (χ1v) is 5.88. The van der Waals surface area contributed by atoms with Gasteiger partial charge in [-0.05, 0) is 44.5 Å². The Morgan fingerprint density at radius 2 is 1.44 bits per heavy atom. The molecule has 2 rings (SSSR count). The molecule has 0 saturated carbocycles. The monoisotopic (exact) mass is 253 g/mol. The van der Waals surface area contributed by atoms with Gasteiger partial charge in [-0.2, -0.15) is 0 Å². The highest BCUT2D eigenvalue weighted by molar-refractivity contribution is 6.38. The standard InChI is InChI=1S/C13H13Cl2N/c1-8-4-7-11(14)13(12(8)15)16-9(2)5-6-10(16)3/h4-7H,1-3H3. The van der Waals surface area contributed by atoms with E-state index in [1.807, 2.05) is 32.9 Å². The first-order chi connectivity index (χ1) is 7.52. The van der Waals surface area contributed by atoms with Gasteiger partial charge in [-0.1, -0.05) is 29.3 Å². The van der Waals surface area contributed by atoms with E-state index in [0.29, 0.717) is 5.02 Å². The maximum absolute atomic E-state index is 6.33. The fourth-order valence-corrected chi connectivity index (χ4v) is 2.41. The van der Waals surface area contributed by atoms with E-state index in [2.05, 4.69) is 16.7 Å². The summed E-state index contributed by atoms with van der Waals surface area (Å²) in [6, 6.07) is 7.94. The molecule has 0 aliphatic heterocycles. The fourth-order valence-electron chi connectivity index (χ4n) is 1.87. The second-order valence-electron chi connectivity index (χ2n) is 3.98. The molecule has 0 amide bonds. The Morgan fingerprint density at radius 1 is 0.875 bits per heavy atom. The molecule has 0 fully saturated rings. The number of aromatic nitrogens is 1. The van der Waals surface area contributed by atoms with Crippen LogP contribution >= 0.6 is 23.2 Å². The normalized spacial score (nSPS) is 10.8. The van der Waals surface area contributed by atoms with Crippen LogP contribution in [-0.4, -0.2) is 4.57 Å². The minimum atomic E-state index is 0.679. The Kier molecular flexibility index (Phi) is 3.00. The summed E-state index contributed by atoms with van der Waals surface area (Å²) in [5, 5.41) is 1.40. The molecule has 0 radical (unpaired) electrons. The fraction of sp³-hybridized carbons (Fsp3) is 0.231. The Balaban J connectivity index is 2.78. The van der Waals surface area contributed by atoms with Crippen LogP contribution in [0.25, 0.3) is 5.69 Å². The zero-order valence-electron chi connectivity index (χ0n) is 9.51. The van der Waals surface area contributed by atoms with Gasteiger partial charge in [0, 0.05) is 11.4 Å². The Bertz CT molecular complexity index is 522. The quantitative estimate of drug-likeness (QED) is 0.694. The van der Waals surface area contributed by atoms with Gasteiger partial charge in [0.05, 0.1) is 15.7 Å². The highest BCUT2D eigenvalue weighted by Gasteiger charge is 2.13. The minimum absolute atomic E-state index is 0.679. The number of hydrogen-bond acceptors (Lipinski definition) is 0. The molecule has 0 saturated heterocycles. The largest absolute Gasteiger partial charge is 0.316 e. The van der Waals surface area contributed by atoms with Crippen molar-refractivity contribution in [3.63, 3.8) is 0 Å². The van der Waals surface area contributed by atoms with Gasteiger partial charge in [0.25, 0.3) is 0 Å². The SMILES string of the molecule is Cc1ccc(Cl)c(-n2c(C)ccc2C)c1Cl. The molecule has 2 aromatic rings. The summed E-state index contributed by atoms with van der Waals surface area (Å²) in [4.78, 5) is 0. The summed E-state index contributed by atoms with van der Waals surface area (Å²) < 4.78 is 2.08. The maximum Gasteiger partial charge on any atom is 0.0832 e. The van der Waals surface area contributed by atoms with Crippen LogP contribution in [0.15, 0.2) is 24.3 Å². The molecule has 0 atom stereocenters. The van der Waals surface area contributed by atoms with Gasteiger partial charge < -0.3 is 4.57 Å². The van der Waals surface area contributed by atoms with Gasteiger partial charge in [-0.3, -0.25) is 0 Å². The molecule has 3 heteroatoms. The summed E-state index contributed by atoms with van der Waals surface area (Å²) >= 11 is 12.6. The van der Waals surface area contributed by atoms with Crippen molar-refractivity contribution in [3.05, 3.63) is 51.3 Å². The highest BCUT2D eigenvalue weighted by Crippen LogP contribution is 2.33. The van der Waals surface area contributed by atoms with Gasteiger partial charge >= 0.3 is 0 Å². The molecular weight excluding hydrogens is 241 g/mol. The molecule has 0 spiro atoms. The summed E-state index contributed by atoms with van der Waals surface area (Å²) in [5.74, 6) is 0. The van der Waals surface area contributed by atoms with Crippen LogP contribution in [0, 0.1) is 20.8 Å². The zero-order valence-corrected chi connectivity index (χ0v) is 11.0. The first kappa shape index (κ1) is 11.6. The minimum Gasteiger partial charge on any atom is -0.316 e. The number of rotatable bonds is 1. The Hall–Kier alpha value is -0.920. The van der Waals surface area contributed by atoms with E-state index >= 15 is 0 Å². The zero-order chi connectivity index (χ0) is 11.9. The molecule has 0 unspecified atom stereocenters. The van der Waals surface area contributed by atoms with Gasteiger partial charge in [0.1, 0.15) is 0 Å². The van der Waals surface area contributed by atoms with Crippen molar-refractivity contribution in [1.29, 1.82) is 0 Å². The Morgan fingerprint density at radius 3 is 2.00 bits per heavy atom. The highest BCUT2D eigenvalue weighted by atomic mass is 35.5. The van der Waals surface area contributed by atoms with E-state index in [9.17, 15) is 0 Å².